The van der Waals surface area contributed by atoms with Crippen molar-refractivity contribution >= 4 is 16.9 Å². The summed E-state index contributed by atoms with van der Waals surface area (Å²) in [6.07, 6.45) is -0.479. The molecule has 0 N–H and O–H groups in total. The normalized spacial score (nSPS) is 12.4. The van der Waals surface area contributed by atoms with E-state index in [1.807, 2.05) is 13.8 Å². The second-order valence-corrected chi connectivity index (χ2v) is 4.99. The van der Waals surface area contributed by atoms with Gasteiger partial charge in [-0.05, 0) is 44.9 Å². The largest absolute Gasteiger partial charge is 0.546 e. The predicted octanol–water partition coefficient (Wildman–Crippen LogP) is 1.49. The van der Waals surface area contributed by atoms with Crippen molar-refractivity contribution < 1.29 is 19.1 Å². The van der Waals surface area contributed by atoms with Crippen molar-refractivity contribution in [1.29, 1.82) is 0 Å². The number of aryl methyl sites for hydroxylation is 2. The molecule has 0 spiro atoms. The maximum Gasteiger partial charge on any atom is 0.339 e. The summed E-state index contributed by atoms with van der Waals surface area (Å²) in [6.45, 7) is 6.90. The average Bonchev–Trinajstić information content (AvgIpc) is 2.42. The van der Waals surface area contributed by atoms with Crippen LogP contribution >= 0.6 is 0 Å². The van der Waals surface area contributed by atoms with Crippen LogP contribution in [-0.4, -0.2) is 12.1 Å². The molecular weight excluding hydrogens is 272 g/mol. The van der Waals surface area contributed by atoms with Gasteiger partial charge in [0.2, 0.25) is 0 Å². The first kappa shape index (κ1) is 15.1. The number of carbonyl (C=O) groups is 1. The molecule has 0 fully saturated rings. The van der Waals surface area contributed by atoms with Crippen molar-refractivity contribution in [2.45, 2.75) is 40.2 Å². The van der Waals surface area contributed by atoms with E-state index in [9.17, 15) is 14.7 Å². The maximum absolute atomic E-state index is 12.0. The van der Waals surface area contributed by atoms with Crippen LogP contribution in [0.15, 0.2) is 21.3 Å². The SMILES string of the molecule is CCc1c(C)c2ccc(O[C@H](C)C(=O)[O-])c(C)c2oc1=O. The zero-order valence-electron chi connectivity index (χ0n) is 12.5. The van der Waals surface area contributed by atoms with Gasteiger partial charge in [0, 0.05) is 16.5 Å². The maximum atomic E-state index is 12.0. The van der Waals surface area contributed by atoms with Crippen LogP contribution in [0.2, 0.25) is 0 Å². The Morgan fingerprint density at radius 1 is 1.33 bits per heavy atom. The van der Waals surface area contributed by atoms with Crippen molar-refractivity contribution in [2.24, 2.45) is 0 Å². The van der Waals surface area contributed by atoms with E-state index < -0.39 is 12.1 Å². The number of rotatable bonds is 4. The van der Waals surface area contributed by atoms with E-state index in [-0.39, 0.29) is 5.63 Å². The third-order valence-corrected chi connectivity index (χ3v) is 3.64. The average molecular weight is 289 g/mol. The first-order chi connectivity index (χ1) is 9.86. The monoisotopic (exact) mass is 289 g/mol. The Labute approximate surface area is 122 Å². The lowest BCUT2D eigenvalue weighted by atomic mass is 10.0. The van der Waals surface area contributed by atoms with Crippen LogP contribution < -0.4 is 15.5 Å². The van der Waals surface area contributed by atoms with Gasteiger partial charge >= 0.3 is 5.63 Å². The molecule has 0 aliphatic rings. The Balaban J connectivity index is 2.63. The Morgan fingerprint density at radius 2 is 2.00 bits per heavy atom. The van der Waals surface area contributed by atoms with Crippen molar-refractivity contribution in [1.82, 2.24) is 0 Å². The van der Waals surface area contributed by atoms with Gasteiger partial charge in [0.15, 0.2) is 0 Å². The van der Waals surface area contributed by atoms with Gasteiger partial charge in [-0.3, -0.25) is 0 Å². The van der Waals surface area contributed by atoms with Gasteiger partial charge < -0.3 is 19.1 Å². The fourth-order valence-electron chi connectivity index (χ4n) is 2.35. The van der Waals surface area contributed by atoms with Gasteiger partial charge in [-0.2, -0.15) is 0 Å². The summed E-state index contributed by atoms with van der Waals surface area (Å²) >= 11 is 0. The first-order valence-electron chi connectivity index (χ1n) is 6.80. The van der Waals surface area contributed by atoms with Crippen molar-refractivity contribution in [2.75, 3.05) is 0 Å². The molecule has 1 aromatic heterocycles. The molecule has 0 amide bonds. The standard InChI is InChI=1S/C16H18O5/c1-5-11-8(2)12-6-7-13(20-10(4)15(17)18)9(3)14(12)21-16(11)19/h6-7,10H,5H2,1-4H3,(H,17,18)/p-1/t10-/m1/s1. The number of benzene rings is 1. The van der Waals surface area contributed by atoms with Gasteiger partial charge in [0.1, 0.15) is 17.4 Å². The summed E-state index contributed by atoms with van der Waals surface area (Å²) in [6, 6.07) is 3.46. The molecule has 1 aromatic carbocycles. The van der Waals surface area contributed by atoms with Gasteiger partial charge in [-0.25, -0.2) is 4.79 Å². The lowest BCUT2D eigenvalue weighted by molar-refractivity contribution is -0.312. The minimum atomic E-state index is -1.30. The molecular formula is C16H17O5-. The van der Waals surface area contributed by atoms with Crippen molar-refractivity contribution in [3.63, 3.8) is 0 Å². The fraction of sp³-hybridized carbons (Fsp3) is 0.375. The molecule has 0 aliphatic carbocycles. The van der Waals surface area contributed by atoms with Gasteiger partial charge in [0.05, 0.1) is 5.97 Å². The molecule has 1 atom stereocenters. The minimum absolute atomic E-state index is 0.365. The molecule has 0 unspecified atom stereocenters. The van der Waals surface area contributed by atoms with E-state index in [1.165, 1.54) is 6.92 Å². The van der Waals surface area contributed by atoms with E-state index in [0.29, 0.717) is 28.9 Å². The van der Waals surface area contributed by atoms with Crippen LogP contribution in [-0.2, 0) is 11.2 Å². The summed E-state index contributed by atoms with van der Waals surface area (Å²) in [5, 5.41) is 11.6. The van der Waals surface area contributed by atoms with E-state index in [1.54, 1.807) is 19.1 Å². The number of hydrogen-bond donors (Lipinski definition) is 0. The minimum Gasteiger partial charge on any atom is -0.546 e. The summed E-state index contributed by atoms with van der Waals surface area (Å²) in [5.41, 5.74) is 2.20. The number of ether oxygens (including phenoxy) is 1. The molecule has 0 saturated heterocycles. The zero-order valence-corrected chi connectivity index (χ0v) is 12.5. The Bertz CT molecular complexity index is 757. The topological polar surface area (TPSA) is 79.6 Å². The third kappa shape index (κ3) is 2.63. The molecule has 21 heavy (non-hydrogen) atoms. The van der Waals surface area contributed by atoms with Crippen LogP contribution in [0.5, 0.6) is 5.75 Å². The lowest BCUT2D eigenvalue weighted by Crippen LogP contribution is -2.37. The number of carboxylic acid groups (broad SMARTS) is 1. The molecule has 1 heterocycles. The lowest BCUT2D eigenvalue weighted by Gasteiger charge is -2.18. The van der Waals surface area contributed by atoms with E-state index in [4.69, 9.17) is 9.15 Å². The van der Waals surface area contributed by atoms with Crippen LogP contribution in [0.4, 0.5) is 0 Å². The van der Waals surface area contributed by atoms with Crippen molar-refractivity contribution in [3.05, 3.63) is 39.2 Å². The number of carboxylic acids is 1. The summed E-state index contributed by atoms with van der Waals surface area (Å²) in [5.74, 6) is -0.931. The van der Waals surface area contributed by atoms with Crippen LogP contribution in [0.25, 0.3) is 11.0 Å². The zero-order chi connectivity index (χ0) is 15.7. The van der Waals surface area contributed by atoms with Crippen LogP contribution in [0, 0.1) is 13.8 Å². The molecule has 0 radical (unpaired) electrons. The molecule has 5 nitrogen and oxygen atoms in total. The smallest absolute Gasteiger partial charge is 0.339 e. The highest BCUT2D eigenvalue weighted by Crippen LogP contribution is 2.30. The molecule has 0 bridgehead atoms. The van der Waals surface area contributed by atoms with E-state index in [0.717, 1.165) is 10.9 Å². The Morgan fingerprint density at radius 3 is 2.57 bits per heavy atom. The molecule has 0 aliphatic heterocycles. The molecule has 5 heteroatoms. The second kappa shape index (κ2) is 5.60. The number of carbonyl (C=O) groups excluding carboxylic acids is 1. The number of fused-ring (bicyclic) bond motifs is 1. The molecule has 0 saturated carbocycles. The highest BCUT2D eigenvalue weighted by atomic mass is 16.5. The summed E-state index contributed by atoms with van der Waals surface area (Å²) in [4.78, 5) is 22.7. The fourth-order valence-corrected chi connectivity index (χ4v) is 2.35. The van der Waals surface area contributed by atoms with E-state index >= 15 is 0 Å². The third-order valence-electron chi connectivity index (χ3n) is 3.64. The summed E-state index contributed by atoms with van der Waals surface area (Å²) < 4.78 is 10.7. The van der Waals surface area contributed by atoms with Crippen molar-refractivity contribution in [3.8, 4) is 5.75 Å². The second-order valence-electron chi connectivity index (χ2n) is 4.99. The first-order valence-corrected chi connectivity index (χ1v) is 6.80. The Kier molecular flexibility index (Phi) is 4.02. The van der Waals surface area contributed by atoms with Crippen LogP contribution in [0.3, 0.4) is 0 Å². The highest BCUT2D eigenvalue weighted by molar-refractivity contribution is 5.85. The van der Waals surface area contributed by atoms with Gasteiger partial charge in [-0.15, -0.1) is 0 Å². The molecule has 2 aromatic rings. The van der Waals surface area contributed by atoms with Gasteiger partial charge in [0.25, 0.3) is 0 Å². The quantitative estimate of drug-likeness (QED) is 0.797. The van der Waals surface area contributed by atoms with Gasteiger partial charge in [-0.1, -0.05) is 6.92 Å². The summed E-state index contributed by atoms with van der Waals surface area (Å²) in [7, 11) is 0. The number of hydrogen-bond acceptors (Lipinski definition) is 5. The predicted molar refractivity (Wildman–Crippen MR) is 76.4 cm³/mol. The Hall–Kier alpha value is -2.30. The molecule has 2 rings (SSSR count). The number of aliphatic carboxylic acids is 1. The highest BCUT2D eigenvalue weighted by Gasteiger charge is 2.15. The van der Waals surface area contributed by atoms with Crippen LogP contribution in [0.1, 0.15) is 30.5 Å². The molecule has 112 valence electrons. The van der Waals surface area contributed by atoms with E-state index in [2.05, 4.69) is 0 Å².